The number of aliphatic hydroxyl groups excluding tert-OH is 1. The van der Waals surface area contributed by atoms with Gasteiger partial charge in [0.15, 0.2) is 0 Å². The molecule has 4 N–H and O–H groups in total. The van der Waals surface area contributed by atoms with Gasteiger partial charge in [-0.25, -0.2) is 0 Å². The van der Waals surface area contributed by atoms with Crippen molar-refractivity contribution < 1.29 is 9.90 Å². The largest absolute Gasteiger partial charge is 0.398 e. The quantitative estimate of drug-likeness (QED) is 0.737. The molecule has 2 unspecified atom stereocenters. The molecule has 110 valence electrons. The lowest BCUT2D eigenvalue weighted by molar-refractivity contribution is 0.0909. The zero-order valence-electron chi connectivity index (χ0n) is 11.4. The van der Waals surface area contributed by atoms with Gasteiger partial charge in [0, 0.05) is 28.9 Å². The summed E-state index contributed by atoms with van der Waals surface area (Å²) in [6, 6.07) is 5.17. The van der Waals surface area contributed by atoms with Crippen LogP contribution in [0.5, 0.6) is 0 Å². The van der Waals surface area contributed by atoms with Crippen molar-refractivity contribution in [1.82, 2.24) is 5.32 Å². The standard InChI is InChI=1S/C15H21BrN2O2/c16-13-7-10(5-6-14(13)17)15(20)18-8-11-3-1-2-4-12(11)9-19/h5-7,11-12,19H,1-4,8-9,17H2,(H,18,20). The summed E-state index contributed by atoms with van der Waals surface area (Å²) in [5, 5.41) is 12.3. The molecule has 2 rings (SSSR count). The highest BCUT2D eigenvalue weighted by atomic mass is 79.9. The number of benzene rings is 1. The van der Waals surface area contributed by atoms with E-state index in [1.807, 2.05) is 0 Å². The number of nitrogen functional groups attached to an aromatic ring is 1. The Balaban J connectivity index is 1.92. The topological polar surface area (TPSA) is 75.4 Å². The Morgan fingerprint density at radius 3 is 2.70 bits per heavy atom. The second kappa shape index (κ2) is 7.09. The third-order valence-corrected chi connectivity index (χ3v) is 4.78. The number of carbonyl (C=O) groups is 1. The molecule has 1 saturated carbocycles. The van der Waals surface area contributed by atoms with Crippen molar-refractivity contribution in [3.05, 3.63) is 28.2 Å². The third-order valence-electron chi connectivity index (χ3n) is 4.09. The lowest BCUT2D eigenvalue weighted by Crippen LogP contribution is -2.35. The van der Waals surface area contributed by atoms with Crippen LogP contribution in [0.2, 0.25) is 0 Å². The Kier molecular flexibility index (Phi) is 5.43. The molecule has 0 radical (unpaired) electrons. The molecule has 0 spiro atoms. The first kappa shape index (κ1) is 15.3. The second-order valence-electron chi connectivity index (χ2n) is 5.43. The monoisotopic (exact) mass is 340 g/mol. The minimum absolute atomic E-state index is 0.0898. The van der Waals surface area contributed by atoms with Gasteiger partial charge in [0.1, 0.15) is 0 Å². The molecule has 1 amide bonds. The van der Waals surface area contributed by atoms with Crippen molar-refractivity contribution in [2.75, 3.05) is 18.9 Å². The third kappa shape index (κ3) is 3.73. The van der Waals surface area contributed by atoms with Crippen molar-refractivity contribution in [2.45, 2.75) is 25.7 Å². The van der Waals surface area contributed by atoms with E-state index in [4.69, 9.17) is 5.73 Å². The summed E-state index contributed by atoms with van der Waals surface area (Å²) in [4.78, 5) is 12.1. The summed E-state index contributed by atoms with van der Waals surface area (Å²) in [5.41, 5.74) is 6.93. The van der Waals surface area contributed by atoms with Crippen LogP contribution in [-0.2, 0) is 0 Å². The first-order valence-corrected chi connectivity index (χ1v) is 7.85. The molecule has 1 fully saturated rings. The molecule has 0 bridgehead atoms. The fourth-order valence-electron chi connectivity index (χ4n) is 2.79. The Hall–Kier alpha value is -1.07. The van der Waals surface area contributed by atoms with E-state index in [2.05, 4.69) is 21.2 Å². The normalized spacial score (nSPS) is 22.5. The van der Waals surface area contributed by atoms with Crippen LogP contribution in [0.25, 0.3) is 0 Å². The summed E-state index contributed by atoms with van der Waals surface area (Å²) < 4.78 is 0.732. The molecule has 4 nitrogen and oxygen atoms in total. The fraction of sp³-hybridized carbons (Fsp3) is 0.533. The first-order valence-electron chi connectivity index (χ1n) is 7.06. The summed E-state index contributed by atoms with van der Waals surface area (Å²) in [7, 11) is 0. The summed E-state index contributed by atoms with van der Waals surface area (Å²) >= 11 is 3.32. The van der Waals surface area contributed by atoms with Gasteiger partial charge in [-0.05, 0) is 58.8 Å². The molecule has 0 aliphatic heterocycles. The molecule has 1 aromatic rings. The summed E-state index contributed by atoms with van der Waals surface area (Å²) in [6.07, 6.45) is 4.51. The van der Waals surface area contributed by atoms with Gasteiger partial charge in [-0.3, -0.25) is 4.79 Å². The van der Waals surface area contributed by atoms with Crippen LogP contribution in [0.3, 0.4) is 0 Å². The number of carbonyl (C=O) groups excluding carboxylic acids is 1. The average Bonchev–Trinajstić information content (AvgIpc) is 2.47. The minimum Gasteiger partial charge on any atom is -0.398 e. The zero-order valence-corrected chi connectivity index (χ0v) is 13.0. The number of halogens is 1. The average molecular weight is 341 g/mol. The fourth-order valence-corrected chi connectivity index (χ4v) is 3.17. The first-order chi connectivity index (χ1) is 9.61. The van der Waals surface area contributed by atoms with Crippen LogP contribution in [0.15, 0.2) is 22.7 Å². The predicted molar refractivity (Wildman–Crippen MR) is 83.4 cm³/mol. The number of aliphatic hydroxyl groups is 1. The molecule has 1 aromatic carbocycles. The Bertz CT molecular complexity index is 479. The highest BCUT2D eigenvalue weighted by molar-refractivity contribution is 9.10. The molecule has 20 heavy (non-hydrogen) atoms. The van der Waals surface area contributed by atoms with Crippen LogP contribution in [0, 0.1) is 11.8 Å². The number of hydrogen-bond donors (Lipinski definition) is 3. The van der Waals surface area contributed by atoms with Crippen LogP contribution in [0.4, 0.5) is 5.69 Å². The molecule has 1 aliphatic carbocycles. The van der Waals surface area contributed by atoms with Crippen molar-refractivity contribution in [3.63, 3.8) is 0 Å². The van der Waals surface area contributed by atoms with Gasteiger partial charge in [0.2, 0.25) is 0 Å². The number of hydrogen-bond acceptors (Lipinski definition) is 3. The summed E-state index contributed by atoms with van der Waals surface area (Å²) in [6.45, 7) is 0.847. The van der Waals surface area contributed by atoms with Gasteiger partial charge in [-0.1, -0.05) is 12.8 Å². The van der Waals surface area contributed by atoms with E-state index in [9.17, 15) is 9.90 Å². The maximum Gasteiger partial charge on any atom is 0.251 e. The van der Waals surface area contributed by atoms with E-state index >= 15 is 0 Å². The molecular formula is C15H21BrN2O2. The van der Waals surface area contributed by atoms with E-state index in [-0.39, 0.29) is 12.5 Å². The van der Waals surface area contributed by atoms with Crippen LogP contribution in [-0.4, -0.2) is 24.2 Å². The van der Waals surface area contributed by atoms with E-state index in [1.54, 1.807) is 18.2 Å². The number of nitrogens with two attached hydrogens (primary N) is 1. The molecule has 1 aliphatic rings. The van der Waals surface area contributed by atoms with Crippen molar-refractivity contribution in [1.29, 1.82) is 0 Å². The molecule has 2 atom stereocenters. The Morgan fingerprint density at radius 2 is 2.05 bits per heavy atom. The maximum atomic E-state index is 12.1. The van der Waals surface area contributed by atoms with Gasteiger partial charge in [-0.2, -0.15) is 0 Å². The highest BCUT2D eigenvalue weighted by Crippen LogP contribution is 2.29. The molecule has 0 heterocycles. The smallest absolute Gasteiger partial charge is 0.251 e. The Labute approximate surface area is 127 Å². The molecule has 0 saturated heterocycles. The maximum absolute atomic E-state index is 12.1. The van der Waals surface area contributed by atoms with Crippen molar-refractivity contribution in [2.24, 2.45) is 11.8 Å². The second-order valence-corrected chi connectivity index (χ2v) is 6.29. The highest BCUT2D eigenvalue weighted by Gasteiger charge is 2.24. The van der Waals surface area contributed by atoms with E-state index < -0.39 is 0 Å². The van der Waals surface area contributed by atoms with Gasteiger partial charge in [-0.15, -0.1) is 0 Å². The van der Waals surface area contributed by atoms with Gasteiger partial charge < -0.3 is 16.2 Å². The van der Waals surface area contributed by atoms with Crippen molar-refractivity contribution in [3.8, 4) is 0 Å². The molecule has 0 aromatic heterocycles. The van der Waals surface area contributed by atoms with Gasteiger partial charge in [0.25, 0.3) is 5.91 Å². The van der Waals surface area contributed by atoms with Crippen LogP contribution < -0.4 is 11.1 Å². The van der Waals surface area contributed by atoms with Crippen LogP contribution >= 0.6 is 15.9 Å². The minimum atomic E-state index is -0.0898. The SMILES string of the molecule is Nc1ccc(C(=O)NCC2CCCCC2CO)cc1Br. The van der Waals surface area contributed by atoms with Crippen molar-refractivity contribution >= 4 is 27.5 Å². The van der Waals surface area contributed by atoms with Gasteiger partial charge >= 0.3 is 0 Å². The molecule has 5 heteroatoms. The number of anilines is 1. The van der Waals surface area contributed by atoms with Gasteiger partial charge in [0.05, 0.1) is 0 Å². The van der Waals surface area contributed by atoms with E-state index in [0.29, 0.717) is 29.6 Å². The lowest BCUT2D eigenvalue weighted by Gasteiger charge is -2.30. The van der Waals surface area contributed by atoms with E-state index in [1.165, 1.54) is 12.8 Å². The van der Waals surface area contributed by atoms with E-state index in [0.717, 1.165) is 17.3 Å². The number of nitrogens with one attached hydrogen (secondary N) is 1. The molecular weight excluding hydrogens is 320 g/mol. The number of amides is 1. The number of rotatable bonds is 4. The van der Waals surface area contributed by atoms with Crippen LogP contribution in [0.1, 0.15) is 36.0 Å². The predicted octanol–water partition coefficient (Wildman–Crippen LogP) is 2.56. The Morgan fingerprint density at radius 1 is 1.35 bits per heavy atom. The zero-order chi connectivity index (χ0) is 14.5. The lowest BCUT2D eigenvalue weighted by atomic mass is 9.79. The summed E-state index contributed by atoms with van der Waals surface area (Å²) in [5.74, 6) is 0.616.